The highest BCUT2D eigenvalue weighted by Crippen LogP contribution is 2.61. The zero-order valence-corrected chi connectivity index (χ0v) is 15.5. The summed E-state index contributed by atoms with van der Waals surface area (Å²) in [6.07, 6.45) is 0. The molecule has 2 aromatic rings. The number of hydrogen-bond acceptors (Lipinski definition) is 2. The molecule has 2 aromatic carbocycles. The fourth-order valence-corrected chi connectivity index (χ4v) is 4.03. The van der Waals surface area contributed by atoms with Gasteiger partial charge in [-0.1, -0.05) is 46.9 Å². The van der Waals surface area contributed by atoms with Gasteiger partial charge in [0.25, 0.3) is 0 Å². The Hall–Kier alpha value is -1.22. The summed E-state index contributed by atoms with van der Waals surface area (Å²) in [7, 11) is 0. The van der Waals surface area contributed by atoms with E-state index in [-0.39, 0.29) is 0 Å². The molecule has 12 heteroatoms. The minimum absolute atomic E-state index is 0.473. The molecule has 27 heavy (non-hydrogen) atoms. The van der Waals surface area contributed by atoms with Crippen LogP contribution in [0.3, 0.4) is 0 Å². The van der Waals surface area contributed by atoms with E-state index in [2.05, 4.69) is 0 Å². The summed E-state index contributed by atoms with van der Waals surface area (Å²) in [4.78, 5) is 0. The summed E-state index contributed by atoms with van der Waals surface area (Å²) in [6, 6.07) is 2.89. The van der Waals surface area contributed by atoms with Gasteiger partial charge >= 0.3 is 5.38 Å². The maximum absolute atomic E-state index is 14.5. The highest BCUT2D eigenvalue weighted by molar-refractivity contribution is 6.69. The third-order valence-electron chi connectivity index (χ3n) is 3.77. The average molecular weight is 474 g/mol. The summed E-state index contributed by atoms with van der Waals surface area (Å²) < 4.78 is 82.3. The zero-order valence-electron chi connectivity index (χ0n) is 12.5. The monoisotopic (exact) mass is 472 g/mol. The SMILES string of the molecule is Oc1ccc(C(c2c(F)c(F)c(O)c(F)c2F)(C(F)(F)Cl)C(Cl)(Cl)Cl)cc1. The van der Waals surface area contributed by atoms with Gasteiger partial charge in [-0.2, -0.15) is 17.6 Å². The van der Waals surface area contributed by atoms with Crippen molar-refractivity contribution in [1.29, 1.82) is 0 Å². The number of halogens is 10. The minimum atomic E-state index is -4.84. The largest absolute Gasteiger partial charge is 0.508 e. The molecule has 2 nitrogen and oxygen atoms in total. The van der Waals surface area contributed by atoms with Crippen LogP contribution >= 0.6 is 46.4 Å². The molecule has 0 radical (unpaired) electrons. The smallest absolute Gasteiger partial charge is 0.339 e. The Bertz CT molecular complexity index is 835. The van der Waals surface area contributed by atoms with E-state index in [1.54, 1.807) is 0 Å². The van der Waals surface area contributed by atoms with E-state index >= 15 is 0 Å². The first-order valence-electron chi connectivity index (χ1n) is 6.66. The van der Waals surface area contributed by atoms with Crippen LogP contribution in [0.1, 0.15) is 11.1 Å². The van der Waals surface area contributed by atoms with Crippen molar-refractivity contribution in [3.63, 3.8) is 0 Å². The van der Waals surface area contributed by atoms with Gasteiger partial charge in [-0.15, -0.1) is 0 Å². The van der Waals surface area contributed by atoms with Crippen LogP contribution in [0.4, 0.5) is 26.3 Å². The lowest BCUT2D eigenvalue weighted by molar-refractivity contribution is 0.0201. The second-order valence-corrected chi connectivity index (χ2v) is 8.03. The van der Waals surface area contributed by atoms with Crippen LogP contribution in [0.25, 0.3) is 0 Å². The van der Waals surface area contributed by atoms with E-state index in [4.69, 9.17) is 51.5 Å². The van der Waals surface area contributed by atoms with Gasteiger partial charge in [-0.25, -0.2) is 8.78 Å². The Balaban J connectivity index is 3.16. The number of aromatic hydroxyl groups is 2. The maximum Gasteiger partial charge on any atom is 0.339 e. The van der Waals surface area contributed by atoms with Crippen molar-refractivity contribution in [2.24, 2.45) is 0 Å². The molecule has 1 unspecified atom stereocenters. The van der Waals surface area contributed by atoms with E-state index < -0.39 is 60.5 Å². The van der Waals surface area contributed by atoms with Crippen LogP contribution in [0.15, 0.2) is 24.3 Å². The van der Waals surface area contributed by atoms with Crippen LogP contribution in [0, 0.1) is 23.3 Å². The molecule has 2 rings (SSSR count). The van der Waals surface area contributed by atoms with E-state index in [0.717, 1.165) is 12.1 Å². The second kappa shape index (κ2) is 6.99. The zero-order chi connectivity index (χ0) is 20.9. The van der Waals surface area contributed by atoms with Crippen molar-refractivity contribution in [2.75, 3.05) is 0 Å². The third-order valence-corrected chi connectivity index (χ3v) is 4.90. The number of benzene rings is 2. The molecule has 0 aliphatic heterocycles. The molecule has 0 bridgehead atoms. The molecular formula is C15H6Cl4F6O2. The summed E-state index contributed by atoms with van der Waals surface area (Å²) in [5.74, 6) is -12.3. The van der Waals surface area contributed by atoms with Crippen LogP contribution in [-0.4, -0.2) is 19.4 Å². The first-order chi connectivity index (χ1) is 12.2. The van der Waals surface area contributed by atoms with Gasteiger partial charge in [-0.3, -0.25) is 0 Å². The molecule has 0 aliphatic rings. The molecule has 0 aromatic heterocycles. The molecule has 0 saturated heterocycles. The van der Waals surface area contributed by atoms with Crippen molar-refractivity contribution in [3.05, 3.63) is 58.7 Å². The number of phenols is 2. The number of rotatable bonds is 3. The summed E-state index contributed by atoms with van der Waals surface area (Å²) in [5, 5.41) is 13.6. The Kier molecular flexibility index (Phi) is 5.71. The van der Waals surface area contributed by atoms with Crippen LogP contribution in [0.5, 0.6) is 11.5 Å². The Morgan fingerprint density at radius 1 is 0.704 bits per heavy atom. The fraction of sp³-hybridized carbons (Fsp3) is 0.200. The van der Waals surface area contributed by atoms with E-state index in [1.807, 2.05) is 0 Å². The maximum atomic E-state index is 14.5. The highest BCUT2D eigenvalue weighted by Gasteiger charge is 2.69. The first kappa shape index (κ1) is 22.1. The van der Waals surface area contributed by atoms with E-state index in [1.165, 1.54) is 0 Å². The first-order valence-corrected chi connectivity index (χ1v) is 8.17. The molecule has 0 spiro atoms. The molecule has 148 valence electrons. The Morgan fingerprint density at radius 3 is 1.44 bits per heavy atom. The second-order valence-electron chi connectivity index (χ2n) is 5.27. The van der Waals surface area contributed by atoms with Gasteiger partial charge in [0.05, 0.1) is 5.56 Å². The standard InChI is InChI=1S/C15H6Cl4F6O2/c16-14(17,18)13(15(19,24)25,5-1-3-6(26)4-2-5)7-8(20)10(22)12(27)11(23)9(7)21/h1-4,26-27H. The lowest BCUT2D eigenvalue weighted by Gasteiger charge is -2.43. The quantitative estimate of drug-likeness (QED) is 0.319. The normalized spacial score (nSPS) is 14.9. The van der Waals surface area contributed by atoms with Gasteiger partial charge in [0.2, 0.25) is 15.4 Å². The number of alkyl halides is 6. The van der Waals surface area contributed by atoms with E-state index in [0.29, 0.717) is 12.1 Å². The van der Waals surface area contributed by atoms with Crippen molar-refractivity contribution < 1.29 is 36.6 Å². The fourth-order valence-electron chi connectivity index (χ4n) is 2.58. The van der Waals surface area contributed by atoms with Crippen LogP contribution in [0.2, 0.25) is 0 Å². The molecule has 0 fully saturated rings. The Morgan fingerprint density at radius 2 is 1.11 bits per heavy atom. The van der Waals surface area contributed by atoms with Crippen molar-refractivity contribution in [1.82, 2.24) is 0 Å². The van der Waals surface area contributed by atoms with Crippen LogP contribution < -0.4 is 0 Å². The molecule has 0 aliphatic carbocycles. The molecule has 0 heterocycles. The average Bonchev–Trinajstić information content (AvgIpc) is 2.54. The predicted molar refractivity (Wildman–Crippen MR) is 87.9 cm³/mol. The van der Waals surface area contributed by atoms with Crippen molar-refractivity contribution in [3.8, 4) is 11.5 Å². The molecule has 0 saturated carbocycles. The molecule has 1 atom stereocenters. The number of hydrogen-bond donors (Lipinski definition) is 2. The van der Waals surface area contributed by atoms with Gasteiger partial charge in [0.15, 0.2) is 22.8 Å². The van der Waals surface area contributed by atoms with Crippen molar-refractivity contribution >= 4 is 46.4 Å². The number of phenolic OH excluding ortho intramolecular Hbond substituents is 2. The predicted octanol–water partition coefficient (Wildman–Crippen LogP) is 6.14. The molecule has 2 N–H and O–H groups in total. The van der Waals surface area contributed by atoms with Gasteiger partial charge in [0.1, 0.15) is 5.75 Å². The van der Waals surface area contributed by atoms with E-state index in [9.17, 15) is 31.4 Å². The lowest BCUT2D eigenvalue weighted by atomic mass is 9.74. The van der Waals surface area contributed by atoms with Gasteiger partial charge < -0.3 is 10.2 Å². The summed E-state index contributed by atoms with van der Waals surface area (Å²) >= 11 is 21.9. The highest BCUT2D eigenvalue weighted by atomic mass is 35.6. The minimum Gasteiger partial charge on any atom is -0.508 e. The van der Waals surface area contributed by atoms with Crippen molar-refractivity contribution in [2.45, 2.75) is 14.6 Å². The molecule has 0 amide bonds. The third kappa shape index (κ3) is 3.26. The van der Waals surface area contributed by atoms with Gasteiger partial charge in [0, 0.05) is 0 Å². The van der Waals surface area contributed by atoms with Gasteiger partial charge in [-0.05, 0) is 29.3 Å². The van der Waals surface area contributed by atoms with Crippen LogP contribution in [-0.2, 0) is 5.41 Å². The molecular weight excluding hydrogens is 468 g/mol. The lowest BCUT2D eigenvalue weighted by Crippen LogP contribution is -2.54. The Labute approximate surface area is 167 Å². The topological polar surface area (TPSA) is 40.5 Å². The summed E-state index contributed by atoms with van der Waals surface area (Å²) in [6.45, 7) is 0. The summed E-state index contributed by atoms with van der Waals surface area (Å²) in [5.41, 5.74) is -6.78.